The molecule has 0 aliphatic carbocycles. The monoisotopic (exact) mass is 530 g/mol. The number of halogens is 1. The molecule has 0 saturated carbocycles. The highest BCUT2D eigenvalue weighted by Crippen LogP contribution is 2.26. The lowest BCUT2D eigenvalue weighted by molar-refractivity contribution is -0.119. The lowest BCUT2D eigenvalue weighted by Crippen LogP contribution is -2.41. The second-order valence-electron chi connectivity index (χ2n) is 7.69. The van der Waals surface area contributed by atoms with Crippen LogP contribution in [0.15, 0.2) is 88.2 Å². The predicted octanol–water partition coefficient (Wildman–Crippen LogP) is 4.96. The van der Waals surface area contributed by atoms with Crippen molar-refractivity contribution in [3.05, 3.63) is 88.9 Å². The van der Waals surface area contributed by atoms with E-state index in [1.807, 2.05) is 24.3 Å². The van der Waals surface area contributed by atoms with Gasteiger partial charge in [0, 0.05) is 4.47 Å². The molecule has 6 nitrogen and oxygen atoms in total. The van der Waals surface area contributed by atoms with Gasteiger partial charge in [0.2, 0.25) is 5.91 Å². The van der Waals surface area contributed by atoms with Crippen molar-refractivity contribution in [2.24, 2.45) is 0 Å². The van der Waals surface area contributed by atoms with Gasteiger partial charge in [-0.25, -0.2) is 8.42 Å². The van der Waals surface area contributed by atoms with Gasteiger partial charge in [0.1, 0.15) is 18.9 Å². The first-order valence-corrected chi connectivity index (χ1v) is 12.8. The molecule has 0 radical (unpaired) electrons. The van der Waals surface area contributed by atoms with Crippen LogP contribution in [0.5, 0.6) is 5.75 Å². The van der Waals surface area contributed by atoms with Gasteiger partial charge < -0.3 is 10.1 Å². The summed E-state index contributed by atoms with van der Waals surface area (Å²) in [6, 6.07) is 22.7. The Hall–Kier alpha value is -2.84. The zero-order valence-electron chi connectivity index (χ0n) is 18.6. The standard InChI is InChI=1S/C25H27BrN2O4S/c1-19(2)23-10-6-7-11-24(23)32-17-16-27-25(29)18-28(21-14-12-20(26)13-15-21)33(30,31)22-8-4-3-5-9-22/h3-15,19H,16-18H2,1-2H3,(H,27,29). The fourth-order valence-electron chi connectivity index (χ4n) is 3.27. The largest absolute Gasteiger partial charge is 0.491 e. The summed E-state index contributed by atoms with van der Waals surface area (Å²) in [6.07, 6.45) is 0. The number of anilines is 1. The highest BCUT2D eigenvalue weighted by atomic mass is 79.9. The van der Waals surface area contributed by atoms with Crippen LogP contribution in [0.2, 0.25) is 0 Å². The van der Waals surface area contributed by atoms with Crippen LogP contribution in [-0.2, 0) is 14.8 Å². The van der Waals surface area contributed by atoms with Crippen LogP contribution in [0.1, 0.15) is 25.3 Å². The van der Waals surface area contributed by atoms with Crippen LogP contribution < -0.4 is 14.4 Å². The maximum Gasteiger partial charge on any atom is 0.264 e. The number of amides is 1. The lowest BCUT2D eigenvalue weighted by Gasteiger charge is -2.24. The first-order chi connectivity index (χ1) is 15.8. The minimum absolute atomic E-state index is 0.120. The zero-order chi connectivity index (χ0) is 23.8. The second-order valence-corrected chi connectivity index (χ2v) is 10.5. The summed E-state index contributed by atoms with van der Waals surface area (Å²) in [5.74, 6) is 0.682. The van der Waals surface area contributed by atoms with Crippen molar-refractivity contribution in [3.63, 3.8) is 0 Å². The molecule has 0 unspecified atom stereocenters. The van der Waals surface area contributed by atoms with Crippen LogP contribution >= 0.6 is 15.9 Å². The van der Waals surface area contributed by atoms with Gasteiger partial charge in [0.15, 0.2) is 0 Å². The average Bonchev–Trinajstić information content (AvgIpc) is 2.81. The van der Waals surface area contributed by atoms with Gasteiger partial charge in [-0.2, -0.15) is 0 Å². The number of benzene rings is 3. The Labute approximate surface area is 203 Å². The van der Waals surface area contributed by atoms with Gasteiger partial charge in [-0.1, -0.05) is 66.2 Å². The van der Waals surface area contributed by atoms with Gasteiger partial charge in [-0.3, -0.25) is 9.10 Å². The minimum atomic E-state index is -3.92. The number of rotatable bonds is 10. The summed E-state index contributed by atoms with van der Waals surface area (Å²) < 4.78 is 34.3. The van der Waals surface area contributed by atoms with Gasteiger partial charge in [0.25, 0.3) is 10.0 Å². The summed E-state index contributed by atoms with van der Waals surface area (Å²) in [5.41, 5.74) is 1.50. The number of sulfonamides is 1. The third kappa shape index (κ3) is 6.58. The van der Waals surface area contributed by atoms with Crippen molar-refractivity contribution in [1.82, 2.24) is 5.32 Å². The summed E-state index contributed by atoms with van der Waals surface area (Å²) in [5, 5.41) is 2.76. The topological polar surface area (TPSA) is 75.7 Å². The Morgan fingerprint density at radius 3 is 2.27 bits per heavy atom. The Kier molecular flexibility index (Phi) is 8.52. The van der Waals surface area contributed by atoms with E-state index in [-0.39, 0.29) is 24.6 Å². The molecule has 0 atom stereocenters. The lowest BCUT2D eigenvalue weighted by atomic mass is 10.0. The Morgan fingerprint density at radius 2 is 1.61 bits per heavy atom. The molecule has 174 valence electrons. The summed E-state index contributed by atoms with van der Waals surface area (Å²) >= 11 is 3.35. The van der Waals surface area contributed by atoms with Gasteiger partial charge >= 0.3 is 0 Å². The normalized spacial score (nSPS) is 11.3. The maximum absolute atomic E-state index is 13.3. The molecular weight excluding hydrogens is 504 g/mol. The van der Waals surface area contributed by atoms with E-state index in [0.29, 0.717) is 11.6 Å². The summed E-state index contributed by atoms with van der Waals surface area (Å²) in [6.45, 7) is 4.37. The Bertz CT molecular complexity index is 1170. The number of carbonyl (C=O) groups is 1. The van der Waals surface area contributed by atoms with E-state index in [1.54, 1.807) is 42.5 Å². The minimum Gasteiger partial charge on any atom is -0.491 e. The van der Waals surface area contributed by atoms with Crippen LogP contribution in [0.25, 0.3) is 0 Å². The fraction of sp³-hybridized carbons (Fsp3) is 0.240. The molecular formula is C25H27BrN2O4S. The van der Waals surface area contributed by atoms with E-state index >= 15 is 0 Å². The van der Waals surface area contributed by atoms with Crippen LogP contribution in [0.4, 0.5) is 5.69 Å². The van der Waals surface area contributed by atoms with Crippen molar-refractivity contribution >= 4 is 37.5 Å². The van der Waals surface area contributed by atoms with E-state index in [9.17, 15) is 13.2 Å². The molecule has 3 rings (SSSR count). The molecule has 0 saturated heterocycles. The van der Waals surface area contributed by atoms with Crippen molar-refractivity contribution in [2.75, 3.05) is 24.0 Å². The molecule has 0 aliphatic rings. The molecule has 8 heteroatoms. The first-order valence-electron chi connectivity index (χ1n) is 10.6. The van der Waals surface area contributed by atoms with E-state index in [1.165, 1.54) is 12.1 Å². The van der Waals surface area contributed by atoms with Crippen molar-refractivity contribution in [2.45, 2.75) is 24.7 Å². The first kappa shape index (κ1) is 24.8. The maximum atomic E-state index is 13.3. The van der Waals surface area contributed by atoms with Gasteiger partial charge in [-0.05, 0) is 53.9 Å². The Morgan fingerprint density at radius 1 is 0.970 bits per heavy atom. The van der Waals surface area contributed by atoms with Crippen LogP contribution in [0.3, 0.4) is 0 Å². The number of nitrogens with zero attached hydrogens (tertiary/aromatic N) is 1. The van der Waals surface area contributed by atoms with Crippen molar-refractivity contribution in [1.29, 1.82) is 0 Å². The Balaban J connectivity index is 1.68. The molecule has 0 fully saturated rings. The highest BCUT2D eigenvalue weighted by Gasteiger charge is 2.27. The van der Waals surface area contributed by atoms with Crippen molar-refractivity contribution < 1.29 is 17.9 Å². The van der Waals surface area contributed by atoms with Gasteiger partial charge in [-0.15, -0.1) is 0 Å². The van der Waals surface area contributed by atoms with E-state index in [4.69, 9.17) is 4.74 Å². The molecule has 1 N–H and O–H groups in total. The number of nitrogens with one attached hydrogen (secondary N) is 1. The zero-order valence-corrected chi connectivity index (χ0v) is 21.0. The molecule has 0 bridgehead atoms. The summed E-state index contributed by atoms with van der Waals surface area (Å²) in [7, 11) is -3.92. The number of carbonyl (C=O) groups excluding carboxylic acids is 1. The van der Waals surface area contributed by atoms with E-state index in [0.717, 1.165) is 20.1 Å². The number of hydrogen-bond donors (Lipinski definition) is 1. The van der Waals surface area contributed by atoms with Crippen molar-refractivity contribution in [3.8, 4) is 5.75 Å². The molecule has 0 heterocycles. The highest BCUT2D eigenvalue weighted by molar-refractivity contribution is 9.10. The molecule has 0 aliphatic heterocycles. The van der Waals surface area contributed by atoms with Gasteiger partial charge in [0.05, 0.1) is 17.1 Å². The molecule has 33 heavy (non-hydrogen) atoms. The quantitative estimate of drug-likeness (QED) is 0.375. The van der Waals surface area contributed by atoms with Crippen LogP contribution in [-0.4, -0.2) is 34.0 Å². The third-order valence-corrected chi connectivity index (χ3v) is 7.27. The van der Waals surface area contributed by atoms with E-state index < -0.39 is 15.9 Å². The molecule has 3 aromatic carbocycles. The van der Waals surface area contributed by atoms with Crippen LogP contribution in [0, 0.1) is 0 Å². The number of hydrogen-bond acceptors (Lipinski definition) is 4. The third-order valence-electron chi connectivity index (χ3n) is 4.96. The second kappa shape index (κ2) is 11.3. The predicted molar refractivity (Wildman–Crippen MR) is 134 cm³/mol. The average molecular weight is 531 g/mol. The molecule has 1 amide bonds. The fourth-order valence-corrected chi connectivity index (χ4v) is 4.98. The molecule has 0 aromatic heterocycles. The number of ether oxygens (including phenoxy) is 1. The molecule has 0 spiro atoms. The molecule has 3 aromatic rings. The smallest absolute Gasteiger partial charge is 0.264 e. The SMILES string of the molecule is CC(C)c1ccccc1OCCNC(=O)CN(c1ccc(Br)cc1)S(=O)(=O)c1ccccc1. The summed E-state index contributed by atoms with van der Waals surface area (Å²) in [4.78, 5) is 12.8. The van der Waals surface area contributed by atoms with E-state index in [2.05, 4.69) is 35.1 Å². The number of para-hydroxylation sites is 1.